The van der Waals surface area contributed by atoms with Crippen molar-refractivity contribution in [2.24, 2.45) is 0 Å². The van der Waals surface area contributed by atoms with Crippen LogP contribution < -0.4 is 0 Å². The molecule has 0 saturated heterocycles. The van der Waals surface area contributed by atoms with Crippen molar-refractivity contribution in [2.45, 2.75) is 77.0 Å². The zero-order chi connectivity index (χ0) is 14.1. The van der Waals surface area contributed by atoms with Crippen LogP contribution in [0.1, 0.15) is 77.0 Å². The Bertz CT molecular complexity index is 177. The van der Waals surface area contributed by atoms with Crippen LogP contribution in [-0.2, 0) is 21.1 Å². The summed E-state index contributed by atoms with van der Waals surface area (Å²) in [5, 5.41) is 0. The molecule has 21 heavy (non-hydrogen) atoms. The number of rotatable bonds is 0. The van der Waals surface area contributed by atoms with Crippen LogP contribution in [0.2, 0.25) is 0 Å². The van der Waals surface area contributed by atoms with Crippen LogP contribution in [0, 0.1) is 19.3 Å². The minimum absolute atomic E-state index is 0. The van der Waals surface area contributed by atoms with Crippen molar-refractivity contribution < 1.29 is 21.1 Å². The van der Waals surface area contributed by atoms with Gasteiger partial charge in [-0.1, -0.05) is 38.5 Å². The van der Waals surface area contributed by atoms with Gasteiger partial charge < -0.3 is 19.3 Å². The van der Waals surface area contributed by atoms with Crippen molar-refractivity contribution in [3.8, 4) is 0 Å². The maximum atomic E-state index is 2.36. The average molecular weight is 468 g/mol. The van der Waals surface area contributed by atoms with Crippen LogP contribution in [0.4, 0.5) is 0 Å². The monoisotopic (exact) mass is 467 g/mol. The summed E-state index contributed by atoms with van der Waals surface area (Å²) in [6.07, 6.45) is 24.0. The van der Waals surface area contributed by atoms with Gasteiger partial charge >= 0.3 is 21.1 Å². The van der Waals surface area contributed by atoms with Gasteiger partial charge in [0.2, 0.25) is 0 Å². The van der Waals surface area contributed by atoms with Crippen molar-refractivity contribution in [1.29, 1.82) is 0 Å². The molecule has 0 nitrogen and oxygen atoms in total. The first kappa shape index (κ1) is 21.0. The van der Waals surface area contributed by atoms with Gasteiger partial charge in [0.1, 0.15) is 0 Å². The average Bonchev–Trinajstić information content (AvgIpc) is 3.40. The van der Waals surface area contributed by atoms with E-state index in [-0.39, 0.29) is 21.1 Å². The molecule has 3 aliphatic rings. The Kier molecular flexibility index (Phi) is 18.1. The maximum absolute atomic E-state index is 2.36. The standard InChI is InChI=1S/3C5H9.C5H5.Pt/c4*1-2-4-5-3-1;/h3*1H,2-5H2;1-5H;/q4*-1;+4. The van der Waals surface area contributed by atoms with Gasteiger partial charge in [0.25, 0.3) is 0 Å². The molecule has 0 heterocycles. The summed E-state index contributed by atoms with van der Waals surface area (Å²) >= 11 is 0. The largest absolute Gasteiger partial charge is 4.00 e. The molecule has 0 radical (unpaired) electrons. The van der Waals surface area contributed by atoms with Crippen molar-refractivity contribution in [3.63, 3.8) is 0 Å². The molecule has 0 atom stereocenters. The third-order valence-corrected chi connectivity index (χ3v) is 3.76. The third-order valence-electron chi connectivity index (χ3n) is 3.76. The molecule has 1 heteroatoms. The first-order valence-corrected chi connectivity index (χ1v) is 8.62. The normalized spacial score (nSPS) is 19.0. The topological polar surface area (TPSA) is 0 Å². The second-order valence-electron chi connectivity index (χ2n) is 5.68. The Labute approximate surface area is 147 Å². The Morgan fingerprint density at radius 3 is 0.857 bits per heavy atom. The van der Waals surface area contributed by atoms with Gasteiger partial charge in [-0.3, -0.25) is 0 Å². The zero-order valence-corrected chi connectivity index (χ0v) is 15.7. The first-order chi connectivity index (χ1) is 10.0. The summed E-state index contributed by atoms with van der Waals surface area (Å²) in [6.45, 7) is 0. The Morgan fingerprint density at radius 1 is 0.476 bits per heavy atom. The van der Waals surface area contributed by atoms with E-state index < -0.39 is 0 Å². The first-order valence-electron chi connectivity index (χ1n) is 8.62. The van der Waals surface area contributed by atoms with Crippen LogP contribution in [0.15, 0.2) is 30.3 Å². The molecule has 0 amide bonds. The van der Waals surface area contributed by atoms with E-state index in [1.54, 1.807) is 0 Å². The minimum Gasteiger partial charge on any atom is -0.328 e. The van der Waals surface area contributed by atoms with E-state index in [2.05, 4.69) is 19.3 Å². The van der Waals surface area contributed by atoms with Crippen molar-refractivity contribution in [1.82, 2.24) is 0 Å². The molecule has 4 rings (SSSR count). The molecule has 0 bridgehead atoms. The van der Waals surface area contributed by atoms with Crippen LogP contribution in [0.25, 0.3) is 0 Å². The molecule has 122 valence electrons. The SMILES string of the molecule is [CH-]1CCCC1.[CH-]1CCCC1.[CH-]1CCCC1.[Pt+4].c1cc[cH-]c1. The smallest absolute Gasteiger partial charge is 0.328 e. The Hall–Kier alpha value is 0.0383. The summed E-state index contributed by atoms with van der Waals surface area (Å²) in [5.74, 6) is 0. The maximum Gasteiger partial charge on any atom is 4.00 e. The summed E-state index contributed by atoms with van der Waals surface area (Å²) in [7, 11) is 0. The molecule has 0 N–H and O–H groups in total. The molecular weight excluding hydrogens is 435 g/mol. The molecule has 0 aliphatic heterocycles. The van der Waals surface area contributed by atoms with Gasteiger partial charge in [-0.25, -0.2) is 12.1 Å². The van der Waals surface area contributed by atoms with Crippen molar-refractivity contribution >= 4 is 0 Å². The molecule has 1 aromatic rings. The second-order valence-corrected chi connectivity index (χ2v) is 5.68. The predicted octanol–water partition coefficient (Wildman–Crippen LogP) is 6.70. The number of hydrogen-bond donors (Lipinski definition) is 0. The van der Waals surface area contributed by atoms with Crippen LogP contribution in [0.3, 0.4) is 0 Å². The quantitative estimate of drug-likeness (QED) is 0.373. The van der Waals surface area contributed by atoms with E-state index >= 15 is 0 Å². The Morgan fingerprint density at radius 2 is 0.762 bits per heavy atom. The molecular formula is C20H32Pt. The molecule has 3 aliphatic carbocycles. The molecule has 3 saturated carbocycles. The van der Waals surface area contributed by atoms with Gasteiger partial charge in [-0.05, 0) is 0 Å². The van der Waals surface area contributed by atoms with Gasteiger partial charge in [-0.15, -0.1) is 0 Å². The number of hydrogen-bond acceptors (Lipinski definition) is 0. The third kappa shape index (κ3) is 16.2. The summed E-state index contributed by atoms with van der Waals surface area (Å²) in [5.41, 5.74) is 0. The van der Waals surface area contributed by atoms with Crippen LogP contribution in [0.5, 0.6) is 0 Å². The summed E-state index contributed by atoms with van der Waals surface area (Å²) in [6, 6.07) is 10.0. The van der Waals surface area contributed by atoms with Gasteiger partial charge in [0.15, 0.2) is 0 Å². The van der Waals surface area contributed by atoms with Gasteiger partial charge in [-0.2, -0.15) is 56.7 Å². The van der Waals surface area contributed by atoms with E-state index in [0.29, 0.717) is 0 Å². The van der Waals surface area contributed by atoms with E-state index in [1.165, 1.54) is 77.0 Å². The summed E-state index contributed by atoms with van der Waals surface area (Å²) < 4.78 is 0. The van der Waals surface area contributed by atoms with Crippen molar-refractivity contribution in [3.05, 3.63) is 49.6 Å². The van der Waals surface area contributed by atoms with Crippen molar-refractivity contribution in [2.75, 3.05) is 0 Å². The molecule has 1 aromatic carbocycles. The molecule has 3 fully saturated rings. The van der Waals surface area contributed by atoms with E-state index in [1.807, 2.05) is 30.3 Å². The van der Waals surface area contributed by atoms with Gasteiger partial charge in [0, 0.05) is 0 Å². The van der Waals surface area contributed by atoms with E-state index in [9.17, 15) is 0 Å². The fraction of sp³-hybridized carbons (Fsp3) is 0.600. The van der Waals surface area contributed by atoms with E-state index in [0.717, 1.165) is 0 Å². The predicted molar refractivity (Wildman–Crippen MR) is 90.3 cm³/mol. The van der Waals surface area contributed by atoms with Gasteiger partial charge in [0.05, 0.1) is 0 Å². The van der Waals surface area contributed by atoms with Crippen LogP contribution in [-0.4, -0.2) is 0 Å². The van der Waals surface area contributed by atoms with Crippen LogP contribution >= 0.6 is 0 Å². The molecule has 0 spiro atoms. The molecule has 0 unspecified atom stereocenters. The second kappa shape index (κ2) is 18.1. The van der Waals surface area contributed by atoms with E-state index in [4.69, 9.17) is 0 Å². The fourth-order valence-electron chi connectivity index (χ4n) is 2.49. The molecule has 0 aromatic heterocycles. The Balaban J connectivity index is 0.000000250. The fourth-order valence-corrected chi connectivity index (χ4v) is 2.49. The summed E-state index contributed by atoms with van der Waals surface area (Å²) in [4.78, 5) is 0. The minimum atomic E-state index is 0. The zero-order valence-electron chi connectivity index (χ0n) is 13.4.